The summed E-state index contributed by atoms with van der Waals surface area (Å²) < 4.78 is 13.8. The van der Waals surface area contributed by atoms with Crippen molar-refractivity contribution in [3.05, 3.63) is 54.0 Å². The van der Waals surface area contributed by atoms with Crippen molar-refractivity contribution in [3.8, 4) is 5.75 Å². The molecule has 0 bridgehead atoms. The fraction of sp³-hybridized carbons (Fsp3) is 0.333. The van der Waals surface area contributed by atoms with E-state index in [9.17, 15) is 0 Å². The normalized spacial score (nSPS) is 12.7. The van der Waals surface area contributed by atoms with E-state index in [1.807, 2.05) is 19.1 Å². The number of fused-ring (bicyclic) bond motifs is 1. The van der Waals surface area contributed by atoms with Gasteiger partial charge in [0.15, 0.2) is 11.3 Å². The van der Waals surface area contributed by atoms with Gasteiger partial charge in [0.1, 0.15) is 5.76 Å². The smallest absolute Gasteiger partial charge is 0.176 e. The first-order valence-corrected chi connectivity index (χ1v) is 7.68. The highest BCUT2D eigenvalue weighted by Gasteiger charge is 2.14. The van der Waals surface area contributed by atoms with Crippen LogP contribution in [0.15, 0.2) is 47.0 Å². The summed E-state index contributed by atoms with van der Waals surface area (Å²) in [6.07, 6.45) is 2.05. The fourth-order valence-electron chi connectivity index (χ4n) is 2.58. The van der Waals surface area contributed by atoms with Gasteiger partial charge in [-0.1, -0.05) is 12.1 Å². The Labute approximate surface area is 130 Å². The van der Waals surface area contributed by atoms with E-state index in [1.54, 1.807) is 0 Å². The lowest BCUT2D eigenvalue weighted by molar-refractivity contribution is 0.336. The molecule has 0 fully saturated rings. The topological polar surface area (TPSA) is 39.3 Å². The summed E-state index contributed by atoms with van der Waals surface area (Å²) in [6.45, 7) is 5.53. The monoisotopic (exact) mass is 298 g/mol. The molecule has 0 saturated heterocycles. The highest BCUT2D eigenvalue weighted by atomic mass is 16.5. The Bertz CT molecular complexity index is 757. The third kappa shape index (κ3) is 2.88. The van der Waals surface area contributed by atoms with Crippen LogP contribution in [0.25, 0.3) is 11.0 Å². The van der Waals surface area contributed by atoms with E-state index in [0.29, 0.717) is 6.61 Å². The molecular weight excluding hydrogens is 276 g/mol. The van der Waals surface area contributed by atoms with Crippen molar-refractivity contribution >= 4 is 11.0 Å². The molecule has 1 N–H and O–H groups in total. The molecule has 4 heteroatoms. The largest absolute Gasteiger partial charge is 0.490 e. The molecule has 0 aliphatic rings. The number of hydrogen-bond donors (Lipinski definition) is 1. The first-order chi connectivity index (χ1) is 10.7. The molecule has 1 atom stereocenters. The fourth-order valence-corrected chi connectivity index (χ4v) is 2.58. The number of nitrogens with one attached hydrogen (secondary N) is 1. The zero-order valence-electron chi connectivity index (χ0n) is 13.3. The van der Waals surface area contributed by atoms with Crippen LogP contribution in [0, 0.1) is 0 Å². The Hall–Kier alpha value is -2.20. The molecule has 0 aliphatic carbocycles. The van der Waals surface area contributed by atoms with Gasteiger partial charge in [-0.3, -0.25) is 0 Å². The minimum Gasteiger partial charge on any atom is -0.490 e. The van der Waals surface area contributed by atoms with E-state index in [0.717, 1.165) is 29.0 Å². The first-order valence-electron chi connectivity index (χ1n) is 7.68. The molecule has 3 aromatic rings. The van der Waals surface area contributed by atoms with Gasteiger partial charge in [0.25, 0.3) is 0 Å². The van der Waals surface area contributed by atoms with Crippen molar-refractivity contribution in [2.24, 2.45) is 7.05 Å². The van der Waals surface area contributed by atoms with E-state index in [1.165, 1.54) is 5.69 Å². The van der Waals surface area contributed by atoms with Gasteiger partial charge in [0.2, 0.25) is 0 Å². The lowest BCUT2D eigenvalue weighted by atomic mass is 10.2. The zero-order chi connectivity index (χ0) is 15.5. The van der Waals surface area contributed by atoms with E-state index in [2.05, 4.69) is 54.3 Å². The molecule has 22 heavy (non-hydrogen) atoms. The van der Waals surface area contributed by atoms with Crippen molar-refractivity contribution < 1.29 is 9.15 Å². The minimum absolute atomic E-state index is 0.136. The molecule has 2 aromatic heterocycles. The van der Waals surface area contributed by atoms with Crippen LogP contribution >= 0.6 is 0 Å². The molecule has 0 spiro atoms. The summed E-state index contributed by atoms with van der Waals surface area (Å²) in [5.74, 6) is 1.73. The zero-order valence-corrected chi connectivity index (χ0v) is 13.3. The van der Waals surface area contributed by atoms with Gasteiger partial charge in [-0.25, -0.2) is 0 Å². The summed E-state index contributed by atoms with van der Waals surface area (Å²) in [5, 5.41) is 4.58. The predicted octanol–water partition coefficient (Wildman–Crippen LogP) is 4.02. The van der Waals surface area contributed by atoms with Crippen molar-refractivity contribution in [3.63, 3.8) is 0 Å². The van der Waals surface area contributed by atoms with Crippen LogP contribution in [-0.2, 0) is 13.6 Å². The molecule has 0 radical (unpaired) electrons. The Kier molecular flexibility index (Phi) is 4.20. The first kappa shape index (κ1) is 14.7. The van der Waals surface area contributed by atoms with Crippen molar-refractivity contribution in [1.29, 1.82) is 0 Å². The minimum atomic E-state index is 0.136. The maximum Gasteiger partial charge on any atom is 0.176 e. The van der Waals surface area contributed by atoms with Gasteiger partial charge >= 0.3 is 0 Å². The summed E-state index contributed by atoms with van der Waals surface area (Å²) in [5.41, 5.74) is 2.07. The van der Waals surface area contributed by atoms with Gasteiger partial charge in [0.05, 0.1) is 12.6 Å². The summed E-state index contributed by atoms with van der Waals surface area (Å²) >= 11 is 0. The Morgan fingerprint density at radius 1 is 1.27 bits per heavy atom. The van der Waals surface area contributed by atoms with E-state index in [4.69, 9.17) is 9.15 Å². The van der Waals surface area contributed by atoms with Crippen LogP contribution in [0.1, 0.15) is 31.3 Å². The molecule has 0 saturated carbocycles. The number of aromatic nitrogens is 1. The molecular formula is C18H22N2O2. The highest BCUT2D eigenvalue weighted by Crippen LogP contribution is 2.31. The number of benzene rings is 1. The molecule has 3 rings (SSSR count). The van der Waals surface area contributed by atoms with Crippen molar-refractivity contribution in [2.45, 2.75) is 26.4 Å². The Balaban J connectivity index is 1.77. The predicted molar refractivity (Wildman–Crippen MR) is 88.1 cm³/mol. The summed E-state index contributed by atoms with van der Waals surface area (Å²) in [7, 11) is 2.05. The molecule has 0 aliphatic heterocycles. The van der Waals surface area contributed by atoms with Crippen molar-refractivity contribution in [2.75, 3.05) is 6.61 Å². The SMILES string of the molecule is CCOc1cccc2cc(C(C)NCc3cccn3C)oc12. The maximum atomic E-state index is 6.02. The molecule has 116 valence electrons. The standard InChI is InChI=1S/C18H22N2O2/c1-4-21-16-9-5-7-14-11-17(22-18(14)16)13(2)19-12-15-8-6-10-20(15)3/h5-11,13,19H,4,12H2,1-3H3. The number of aryl methyl sites for hydroxylation is 1. The molecule has 4 nitrogen and oxygen atoms in total. The van der Waals surface area contributed by atoms with Gasteiger partial charge in [-0.05, 0) is 38.1 Å². The number of furan rings is 1. The van der Waals surface area contributed by atoms with Crippen LogP contribution in [0.3, 0.4) is 0 Å². The van der Waals surface area contributed by atoms with Crippen LogP contribution < -0.4 is 10.1 Å². The van der Waals surface area contributed by atoms with Gasteiger partial charge in [-0.2, -0.15) is 0 Å². The molecule has 2 heterocycles. The highest BCUT2D eigenvalue weighted by molar-refractivity contribution is 5.83. The number of ether oxygens (including phenoxy) is 1. The van der Waals surface area contributed by atoms with Crippen LogP contribution in [-0.4, -0.2) is 11.2 Å². The quantitative estimate of drug-likeness (QED) is 0.747. The summed E-state index contributed by atoms with van der Waals surface area (Å²) in [4.78, 5) is 0. The number of para-hydroxylation sites is 1. The Morgan fingerprint density at radius 3 is 2.86 bits per heavy atom. The third-order valence-corrected chi connectivity index (χ3v) is 3.89. The second-order valence-electron chi connectivity index (χ2n) is 5.47. The molecule has 1 aromatic carbocycles. The molecule has 1 unspecified atom stereocenters. The van der Waals surface area contributed by atoms with Gasteiger partial charge < -0.3 is 19.0 Å². The van der Waals surface area contributed by atoms with Crippen LogP contribution in [0.5, 0.6) is 5.75 Å². The van der Waals surface area contributed by atoms with Crippen LogP contribution in [0.2, 0.25) is 0 Å². The Morgan fingerprint density at radius 2 is 2.14 bits per heavy atom. The molecule has 0 amide bonds. The third-order valence-electron chi connectivity index (χ3n) is 3.89. The van der Waals surface area contributed by atoms with E-state index >= 15 is 0 Å². The van der Waals surface area contributed by atoms with Crippen molar-refractivity contribution in [1.82, 2.24) is 9.88 Å². The lowest BCUT2D eigenvalue weighted by Crippen LogP contribution is -2.19. The summed E-state index contributed by atoms with van der Waals surface area (Å²) in [6, 6.07) is 12.4. The number of rotatable bonds is 6. The van der Waals surface area contributed by atoms with E-state index in [-0.39, 0.29) is 6.04 Å². The van der Waals surface area contributed by atoms with E-state index < -0.39 is 0 Å². The van der Waals surface area contributed by atoms with Gasteiger partial charge in [-0.15, -0.1) is 0 Å². The lowest BCUT2D eigenvalue weighted by Gasteiger charge is -2.11. The number of nitrogens with zero attached hydrogens (tertiary/aromatic N) is 1. The second kappa shape index (κ2) is 6.28. The number of hydrogen-bond acceptors (Lipinski definition) is 3. The van der Waals surface area contributed by atoms with Gasteiger partial charge in [0, 0.05) is 30.9 Å². The second-order valence-corrected chi connectivity index (χ2v) is 5.47. The average Bonchev–Trinajstić information content (AvgIpc) is 3.12. The van der Waals surface area contributed by atoms with Crippen LogP contribution in [0.4, 0.5) is 0 Å². The average molecular weight is 298 g/mol. The maximum absolute atomic E-state index is 6.02.